The smallest absolute Gasteiger partial charge is 0.306 e. The van der Waals surface area contributed by atoms with Gasteiger partial charge in [-0.3, -0.25) is 9.59 Å². The predicted molar refractivity (Wildman–Crippen MR) is 247 cm³/mol. The van der Waals surface area contributed by atoms with Crippen LogP contribution in [0.15, 0.2) is 0 Å². The Morgan fingerprint density at radius 1 is 0.333 bits per heavy atom. The fourth-order valence-electron chi connectivity index (χ4n) is 8.21. The SMILES string of the molecule is CCCCCCCCCCCCCCCCCCCCCCCCCCCCCCCCCCCCCCC(=O)OC(CO)COC(=O)CCCCCCCCC. The van der Waals surface area contributed by atoms with Crippen molar-refractivity contribution in [1.29, 1.82) is 0 Å². The first kappa shape index (κ1) is 55.9. The Bertz CT molecular complexity index is 784. The van der Waals surface area contributed by atoms with Crippen LogP contribution in [0.1, 0.15) is 303 Å². The largest absolute Gasteiger partial charge is 0.462 e. The molecule has 0 aliphatic rings. The van der Waals surface area contributed by atoms with Gasteiger partial charge in [-0.2, -0.15) is 0 Å². The molecule has 0 saturated heterocycles. The summed E-state index contributed by atoms with van der Waals surface area (Å²) < 4.78 is 10.6. The number of hydrogen-bond acceptors (Lipinski definition) is 5. The number of esters is 2. The minimum absolute atomic E-state index is 0.0582. The van der Waals surface area contributed by atoms with Crippen LogP contribution in [0, 0.1) is 0 Å². The summed E-state index contributed by atoms with van der Waals surface area (Å²) in [6, 6.07) is 0. The van der Waals surface area contributed by atoms with E-state index in [1.807, 2.05) is 0 Å². The quantitative estimate of drug-likeness (QED) is 0.0490. The Morgan fingerprint density at radius 3 is 0.772 bits per heavy atom. The van der Waals surface area contributed by atoms with E-state index in [-0.39, 0.29) is 25.2 Å². The first-order chi connectivity index (χ1) is 28.1. The number of unbranched alkanes of at least 4 members (excludes halogenated alkanes) is 41. The van der Waals surface area contributed by atoms with E-state index in [2.05, 4.69) is 13.8 Å². The molecule has 0 aromatic rings. The normalized spacial score (nSPS) is 12.0. The number of carbonyl (C=O) groups is 2. The van der Waals surface area contributed by atoms with Crippen LogP contribution in [0.3, 0.4) is 0 Å². The Hall–Kier alpha value is -1.10. The molecule has 0 fully saturated rings. The second-order valence-corrected chi connectivity index (χ2v) is 18.0. The van der Waals surface area contributed by atoms with E-state index >= 15 is 0 Å². The van der Waals surface area contributed by atoms with Crippen LogP contribution in [-0.2, 0) is 19.1 Å². The van der Waals surface area contributed by atoms with Gasteiger partial charge in [0.1, 0.15) is 6.61 Å². The highest BCUT2D eigenvalue weighted by Gasteiger charge is 2.16. The van der Waals surface area contributed by atoms with E-state index in [1.54, 1.807) is 0 Å². The van der Waals surface area contributed by atoms with Crippen molar-refractivity contribution in [3.8, 4) is 0 Å². The minimum atomic E-state index is -0.761. The van der Waals surface area contributed by atoms with Crippen LogP contribution in [0.4, 0.5) is 0 Å². The van der Waals surface area contributed by atoms with E-state index in [1.165, 1.54) is 238 Å². The molecule has 1 unspecified atom stereocenters. The highest BCUT2D eigenvalue weighted by atomic mass is 16.6. The monoisotopic (exact) mass is 807 g/mol. The minimum Gasteiger partial charge on any atom is -0.462 e. The Labute approximate surface area is 357 Å². The average Bonchev–Trinajstić information content (AvgIpc) is 3.21. The van der Waals surface area contributed by atoms with Crippen LogP contribution in [-0.4, -0.2) is 36.4 Å². The van der Waals surface area contributed by atoms with Crippen molar-refractivity contribution in [3.63, 3.8) is 0 Å². The molecule has 0 aromatic carbocycles. The lowest BCUT2D eigenvalue weighted by atomic mass is 10.0. The Balaban J connectivity index is 3.28. The van der Waals surface area contributed by atoms with Crippen molar-refractivity contribution < 1.29 is 24.2 Å². The van der Waals surface area contributed by atoms with Gasteiger partial charge in [0.25, 0.3) is 0 Å². The molecule has 0 bridgehead atoms. The third-order valence-corrected chi connectivity index (χ3v) is 12.2. The molecule has 0 rings (SSSR count). The van der Waals surface area contributed by atoms with Crippen molar-refractivity contribution in [3.05, 3.63) is 0 Å². The van der Waals surface area contributed by atoms with Gasteiger partial charge in [-0.1, -0.05) is 277 Å². The van der Waals surface area contributed by atoms with Crippen molar-refractivity contribution >= 4 is 11.9 Å². The van der Waals surface area contributed by atoms with Gasteiger partial charge in [-0.25, -0.2) is 0 Å². The molecule has 57 heavy (non-hydrogen) atoms. The van der Waals surface area contributed by atoms with Crippen LogP contribution in [0.2, 0.25) is 0 Å². The zero-order chi connectivity index (χ0) is 41.4. The first-order valence-corrected chi connectivity index (χ1v) is 26.1. The molecule has 0 radical (unpaired) electrons. The van der Waals surface area contributed by atoms with Crippen molar-refractivity contribution in [2.24, 2.45) is 0 Å². The summed E-state index contributed by atoms with van der Waals surface area (Å²) in [6.45, 7) is 4.13. The van der Waals surface area contributed by atoms with Crippen LogP contribution >= 0.6 is 0 Å². The average molecular weight is 807 g/mol. The maximum atomic E-state index is 12.2. The summed E-state index contributed by atoms with van der Waals surface area (Å²) in [5, 5.41) is 9.54. The van der Waals surface area contributed by atoms with Gasteiger partial charge in [-0.15, -0.1) is 0 Å². The first-order valence-electron chi connectivity index (χ1n) is 26.1. The zero-order valence-electron chi connectivity index (χ0n) is 38.9. The maximum Gasteiger partial charge on any atom is 0.306 e. The molecule has 340 valence electrons. The lowest BCUT2D eigenvalue weighted by Crippen LogP contribution is -2.28. The summed E-state index contributed by atoms with van der Waals surface area (Å²) >= 11 is 0. The van der Waals surface area contributed by atoms with E-state index in [9.17, 15) is 14.7 Å². The summed E-state index contributed by atoms with van der Waals surface area (Å²) in [6.07, 6.45) is 58.3. The molecular formula is C52H102O5. The summed E-state index contributed by atoms with van der Waals surface area (Å²) in [7, 11) is 0. The molecule has 5 heteroatoms. The molecule has 5 nitrogen and oxygen atoms in total. The predicted octanol–water partition coefficient (Wildman–Crippen LogP) is 17.0. The van der Waals surface area contributed by atoms with E-state index in [4.69, 9.17) is 9.47 Å². The van der Waals surface area contributed by atoms with Gasteiger partial charge in [0.05, 0.1) is 6.61 Å². The van der Waals surface area contributed by atoms with Crippen LogP contribution in [0.5, 0.6) is 0 Å². The maximum absolute atomic E-state index is 12.2. The van der Waals surface area contributed by atoms with Gasteiger partial charge in [0.2, 0.25) is 0 Å². The number of ether oxygens (including phenoxy) is 2. The molecule has 0 heterocycles. The molecular weight excluding hydrogens is 705 g/mol. The van der Waals surface area contributed by atoms with Crippen molar-refractivity contribution in [1.82, 2.24) is 0 Å². The number of carbonyl (C=O) groups excluding carboxylic acids is 2. The number of rotatable bonds is 49. The van der Waals surface area contributed by atoms with Crippen LogP contribution in [0.25, 0.3) is 0 Å². The lowest BCUT2D eigenvalue weighted by Gasteiger charge is -2.15. The summed E-state index contributed by atoms with van der Waals surface area (Å²) in [5.41, 5.74) is 0. The van der Waals surface area contributed by atoms with Crippen molar-refractivity contribution in [2.45, 2.75) is 309 Å². The zero-order valence-corrected chi connectivity index (χ0v) is 38.9. The molecule has 1 N–H and O–H groups in total. The Morgan fingerprint density at radius 2 is 0.544 bits per heavy atom. The molecule has 0 aromatic heterocycles. The fraction of sp³-hybridized carbons (Fsp3) is 0.962. The van der Waals surface area contributed by atoms with Gasteiger partial charge in [-0.05, 0) is 12.8 Å². The number of aliphatic hydroxyl groups excluding tert-OH is 1. The topological polar surface area (TPSA) is 72.8 Å². The molecule has 0 spiro atoms. The molecule has 0 aliphatic carbocycles. The Kier molecular flexibility index (Phi) is 48.3. The molecule has 1 atom stereocenters. The van der Waals surface area contributed by atoms with E-state index < -0.39 is 6.10 Å². The number of aliphatic hydroxyl groups is 1. The molecule has 0 saturated carbocycles. The second-order valence-electron chi connectivity index (χ2n) is 18.0. The summed E-state index contributed by atoms with van der Waals surface area (Å²) in [5.74, 6) is -0.580. The third-order valence-electron chi connectivity index (χ3n) is 12.2. The fourth-order valence-corrected chi connectivity index (χ4v) is 8.21. The van der Waals surface area contributed by atoms with E-state index in [0.717, 1.165) is 38.5 Å². The van der Waals surface area contributed by atoms with Gasteiger partial charge in [0.15, 0.2) is 6.10 Å². The second kappa shape index (κ2) is 49.3. The highest BCUT2D eigenvalue weighted by Crippen LogP contribution is 2.18. The van der Waals surface area contributed by atoms with Crippen molar-refractivity contribution in [2.75, 3.05) is 13.2 Å². The standard InChI is InChI=1S/C52H102O5/c1-3-5-7-9-11-12-13-14-15-16-17-18-19-20-21-22-23-24-25-26-27-28-29-30-31-32-33-34-35-36-37-38-39-41-43-45-47-52(55)57-50(48-53)49-56-51(54)46-44-42-40-10-8-6-4-2/h50,53H,3-49H2,1-2H3. The van der Waals surface area contributed by atoms with E-state index in [0.29, 0.717) is 12.8 Å². The third kappa shape index (κ3) is 47.5. The van der Waals surface area contributed by atoms with Gasteiger partial charge >= 0.3 is 11.9 Å². The lowest BCUT2D eigenvalue weighted by molar-refractivity contribution is -0.161. The number of hydrogen-bond donors (Lipinski definition) is 1. The highest BCUT2D eigenvalue weighted by molar-refractivity contribution is 5.70. The molecule has 0 aliphatic heterocycles. The summed E-state index contributed by atoms with van der Waals surface area (Å²) in [4.78, 5) is 24.2. The van der Waals surface area contributed by atoms with Crippen LogP contribution < -0.4 is 0 Å². The molecule has 0 amide bonds. The van der Waals surface area contributed by atoms with Gasteiger partial charge < -0.3 is 14.6 Å². The van der Waals surface area contributed by atoms with Gasteiger partial charge in [0, 0.05) is 12.8 Å².